The van der Waals surface area contributed by atoms with Crippen LogP contribution in [0.1, 0.15) is 31.9 Å². The molecule has 0 bridgehead atoms. The van der Waals surface area contributed by atoms with E-state index < -0.39 is 0 Å². The third-order valence-electron chi connectivity index (χ3n) is 3.11. The molecule has 0 aliphatic heterocycles. The van der Waals surface area contributed by atoms with Crippen molar-refractivity contribution in [1.82, 2.24) is 0 Å². The minimum atomic E-state index is -0.333. The molecule has 19 heavy (non-hydrogen) atoms. The normalized spacial score (nSPS) is 12.1. The van der Waals surface area contributed by atoms with Crippen LogP contribution < -0.4 is 0 Å². The molecular weight excluding hydrogens is 236 g/mol. The predicted molar refractivity (Wildman–Crippen MR) is 77.9 cm³/mol. The van der Waals surface area contributed by atoms with Crippen LogP contribution in [0.25, 0.3) is 10.8 Å². The number of ether oxygens (including phenoxy) is 1. The molecule has 0 aliphatic carbocycles. The van der Waals surface area contributed by atoms with Gasteiger partial charge in [0.05, 0.1) is 0 Å². The molecule has 1 atom stereocenters. The highest BCUT2D eigenvalue weighted by atomic mass is 16.5. The quantitative estimate of drug-likeness (QED) is 0.596. The van der Waals surface area contributed by atoms with Crippen molar-refractivity contribution in [3.63, 3.8) is 0 Å². The summed E-state index contributed by atoms with van der Waals surface area (Å²) in [5, 5.41) is 2.34. The van der Waals surface area contributed by atoms with Crippen molar-refractivity contribution in [3.05, 3.63) is 60.2 Å². The lowest BCUT2D eigenvalue weighted by Gasteiger charge is -2.17. The van der Waals surface area contributed by atoms with Crippen LogP contribution in [-0.4, -0.2) is 5.97 Å². The van der Waals surface area contributed by atoms with Gasteiger partial charge in [-0.15, -0.1) is 0 Å². The van der Waals surface area contributed by atoms with Gasteiger partial charge in [-0.1, -0.05) is 49.9 Å². The summed E-state index contributed by atoms with van der Waals surface area (Å²) in [6.07, 6.45) is 0.533. The Morgan fingerprint density at radius 2 is 1.89 bits per heavy atom. The Labute approximate surface area is 113 Å². The lowest BCUT2D eigenvalue weighted by atomic mass is 10.0. The zero-order chi connectivity index (χ0) is 13.8. The van der Waals surface area contributed by atoms with E-state index in [1.807, 2.05) is 25.1 Å². The summed E-state index contributed by atoms with van der Waals surface area (Å²) in [6.45, 7) is 7.28. The molecule has 2 aromatic rings. The molecule has 1 unspecified atom stereocenters. The average molecular weight is 254 g/mol. The highest BCUT2D eigenvalue weighted by molar-refractivity contribution is 5.87. The number of fused-ring (bicyclic) bond motifs is 1. The Kier molecular flexibility index (Phi) is 4.00. The topological polar surface area (TPSA) is 26.3 Å². The second kappa shape index (κ2) is 5.70. The smallest absolute Gasteiger partial charge is 0.333 e. The number of carbonyl (C=O) groups is 1. The van der Waals surface area contributed by atoms with E-state index in [2.05, 4.69) is 30.8 Å². The third-order valence-corrected chi connectivity index (χ3v) is 3.11. The zero-order valence-electron chi connectivity index (χ0n) is 11.3. The SMILES string of the molecule is C=C(C)C(=O)OC(CC)c1ccc2ccccc2c1. The van der Waals surface area contributed by atoms with Gasteiger partial charge in [0.25, 0.3) is 0 Å². The Morgan fingerprint density at radius 1 is 1.21 bits per heavy atom. The second-order valence-electron chi connectivity index (χ2n) is 4.69. The first-order valence-electron chi connectivity index (χ1n) is 6.47. The van der Waals surface area contributed by atoms with Gasteiger partial charge in [-0.3, -0.25) is 0 Å². The molecular formula is C17H18O2. The van der Waals surface area contributed by atoms with E-state index in [1.165, 1.54) is 5.39 Å². The van der Waals surface area contributed by atoms with Gasteiger partial charge in [0, 0.05) is 5.57 Å². The zero-order valence-corrected chi connectivity index (χ0v) is 11.3. The van der Waals surface area contributed by atoms with Gasteiger partial charge in [-0.25, -0.2) is 4.79 Å². The van der Waals surface area contributed by atoms with Crippen LogP contribution in [-0.2, 0) is 9.53 Å². The molecule has 98 valence electrons. The average Bonchev–Trinajstić information content (AvgIpc) is 2.43. The molecule has 2 rings (SSSR count). The van der Waals surface area contributed by atoms with E-state index >= 15 is 0 Å². The van der Waals surface area contributed by atoms with Crippen molar-refractivity contribution in [1.29, 1.82) is 0 Å². The molecule has 0 N–H and O–H groups in total. The first-order chi connectivity index (χ1) is 9.11. The predicted octanol–water partition coefficient (Wildman–Crippen LogP) is 4.41. The standard InChI is InChI=1S/C17H18O2/c1-4-16(19-17(18)12(2)3)15-10-9-13-7-5-6-8-14(13)11-15/h5-11,16H,2,4H2,1,3H3. The van der Waals surface area contributed by atoms with E-state index in [-0.39, 0.29) is 12.1 Å². The first-order valence-corrected chi connectivity index (χ1v) is 6.47. The van der Waals surface area contributed by atoms with Crippen molar-refractivity contribution in [2.75, 3.05) is 0 Å². The van der Waals surface area contributed by atoms with Gasteiger partial charge in [0.2, 0.25) is 0 Å². The fraction of sp³-hybridized carbons (Fsp3) is 0.235. The number of esters is 1. The van der Waals surface area contributed by atoms with E-state index in [4.69, 9.17) is 4.74 Å². The van der Waals surface area contributed by atoms with E-state index in [0.29, 0.717) is 5.57 Å². The van der Waals surface area contributed by atoms with Crippen molar-refractivity contribution in [3.8, 4) is 0 Å². The van der Waals surface area contributed by atoms with Crippen LogP contribution in [0.5, 0.6) is 0 Å². The van der Waals surface area contributed by atoms with Crippen molar-refractivity contribution < 1.29 is 9.53 Å². The molecule has 0 amide bonds. The molecule has 0 saturated heterocycles. The van der Waals surface area contributed by atoms with Crippen LogP contribution in [0.2, 0.25) is 0 Å². The molecule has 0 fully saturated rings. The lowest BCUT2D eigenvalue weighted by molar-refractivity contribution is -0.144. The molecule has 0 aliphatic rings. The first kappa shape index (κ1) is 13.3. The van der Waals surface area contributed by atoms with Gasteiger partial charge < -0.3 is 4.74 Å². The number of hydrogen-bond donors (Lipinski definition) is 0. The largest absolute Gasteiger partial charge is 0.454 e. The summed E-state index contributed by atoms with van der Waals surface area (Å²) in [5.41, 5.74) is 1.45. The van der Waals surface area contributed by atoms with E-state index in [1.54, 1.807) is 6.92 Å². The Hall–Kier alpha value is -2.09. The van der Waals surface area contributed by atoms with Gasteiger partial charge in [-0.05, 0) is 35.7 Å². The Bertz CT molecular complexity index is 613. The van der Waals surface area contributed by atoms with Crippen molar-refractivity contribution in [2.45, 2.75) is 26.4 Å². The fourth-order valence-corrected chi connectivity index (χ4v) is 2.02. The maximum Gasteiger partial charge on any atom is 0.333 e. The minimum absolute atomic E-state index is 0.214. The molecule has 2 heteroatoms. The Balaban J connectivity index is 2.30. The molecule has 0 spiro atoms. The molecule has 0 heterocycles. The highest BCUT2D eigenvalue weighted by Gasteiger charge is 2.15. The van der Waals surface area contributed by atoms with Gasteiger partial charge >= 0.3 is 5.97 Å². The molecule has 2 aromatic carbocycles. The summed E-state index contributed by atoms with van der Waals surface area (Å²) in [5.74, 6) is -0.333. The van der Waals surface area contributed by atoms with Crippen molar-refractivity contribution >= 4 is 16.7 Å². The van der Waals surface area contributed by atoms with E-state index in [9.17, 15) is 4.79 Å². The third kappa shape index (κ3) is 3.02. The monoisotopic (exact) mass is 254 g/mol. The lowest BCUT2D eigenvalue weighted by Crippen LogP contribution is -2.11. The van der Waals surface area contributed by atoms with Crippen LogP contribution in [0.4, 0.5) is 0 Å². The maximum absolute atomic E-state index is 11.6. The van der Waals surface area contributed by atoms with Crippen LogP contribution >= 0.6 is 0 Å². The number of rotatable bonds is 4. The summed E-state index contributed by atoms with van der Waals surface area (Å²) >= 11 is 0. The number of benzene rings is 2. The van der Waals surface area contributed by atoms with Crippen LogP contribution in [0.15, 0.2) is 54.6 Å². The number of hydrogen-bond acceptors (Lipinski definition) is 2. The molecule has 0 saturated carbocycles. The molecule has 0 radical (unpaired) electrons. The number of carbonyl (C=O) groups excluding carboxylic acids is 1. The van der Waals surface area contributed by atoms with Crippen molar-refractivity contribution in [2.24, 2.45) is 0 Å². The van der Waals surface area contributed by atoms with Gasteiger partial charge in [0.15, 0.2) is 0 Å². The summed E-state index contributed by atoms with van der Waals surface area (Å²) in [6, 6.07) is 14.3. The summed E-state index contributed by atoms with van der Waals surface area (Å²) in [7, 11) is 0. The summed E-state index contributed by atoms with van der Waals surface area (Å²) < 4.78 is 5.46. The minimum Gasteiger partial charge on any atom is -0.454 e. The molecule has 2 nitrogen and oxygen atoms in total. The van der Waals surface area contributed by atoms with E-state index in [0.717, 1.165) is 17.4 Å². The maximum atomic E-state index is 11.6. The van der Waals surface area contributed by atoms with Crippen LogP contribution in [0, 0.1) is 0 Å². The fourth-order valence-electron chi connectivity index (χ4n) is 2.02. The second-order valence-corrected chi connectivity index (χ2v) is 4.69. The highest BCUT2D eigenvalue weighted by Crippen LogP contribution is 2.25. The molecule has 0 aromatic heterocycles. The van der Waals surface area contributed by atoms with Gasteiger partial charge in [-0.2, -0.15) is 0 Å². The summed E-state index contributed by atoms with van der Waals surface area (Å²) in [4.78, 5) is 11.6. The van der Waals surface area contributed by atoms with Gasteiger partial charge in [0.1, 0.15) is 6.10 Å². The Morgan fingerprint density at radius 3 is 2.53 bits per heavy atom. The van der Waals surface area contributed by atoms with Crippen LogP contribution in [0.3, 0.4) is 0 Å².